The van der Waals surface area contributed by atoms with Gasteiger partial charge in [0.15, 0.2) is 5.82 Å². The maximum Gasteiger partial charge on any atom is 0.228 e. The summed E-state index contributed by atoms with van der Waals surface area (Å²) < 4.78 is 5.21. The number of aryl methyl sites for hydroxylation is 1. The molecule has 1 saturated carbocycles. The average molecular weight is 209 g/mol. The second-order valence-electron chi connectivity index (χ2n) is 4.16. The van der Waals surface area contributed by atoms with Crippen LogP contribution in [0, 0.1) is 5.92 Å². The van der Waals surface area contributed by atoms with Crippen LogP contribution in [0.2, 0.25) is 0 Å². The monoisotopic (exact) mass is 209 g/mol. The normalized spacial score (nSPS) is 18.0. The average Bonchev–Trinajstić information content (AvgIpc) is 2.99. The SMILES string of the molecule is CCNC(Cc1nc(CC)no1)C1CC1. The first-order chi connectivity index (χ1) is 7.33. The van der Waals surface area contributed by atoms with E-state index in [1.165, 1.54) is 12.8 Å². The first kappa shape index (κ1) is 10.6. The summed E-state index contributed by atoms with van der Waals surface area (Å²) in [5, 5.41) is 7.41. The summed E-state index contributed by atoms with van der Waals surface area (Å²) >= 11 is 0. The molecule has 0 spiro atoms. The minimum Gasteiger partial charge on any atom is -0.339 e. The topological polar surface area (TPSA) is 51.0 Å². The van der Waals surface area contributed by atoms with E-state index in [0.29, 0.717) is 6.04 Å². The van der Waals surface area contributed by atoms with E-state index in [1.54, 1.807) is 0 Å². The summed E-state index contributed by atoms with van der Waals surface area (Å²) in [5.74, 6) is 2.42. The van der Waals surface area contributed by atoms with Crippen molar-refractivity contribution < 1.29 is 4.52 Å². The summed E-state index contributed by atoms with van der Waals surface area (Å²) in [5.41, 5.74) is 0. The van der Waals surface area contributed by atoms with Gasteiger partial charge in [-0.3, -0.25) is 0 Å². The van der Waals surface area contributed by atoms with Gasteiger partial charge in [0, 0.05) is 18.9 Å². The molecule has 0 radical (unpaired) electrons. The van der Waals surface area contributed by atoms with E-state index in [9.17, 15) is 0 Å². The van der Waals surface area contributed by atoms with Crippen LogP contribution in [0.25, 0.3) is 0 Å². The highest BCUT2D eigenvalue weighted by Crippen LogP contribution is 2.33. The van der Waals surface area contributed by atoms with E-state index in [0.717, 1.165) is 37.0 Å². The van der Waals surface area contributed by atoms with Crippen molar-refractivity contribution in [1.29, 1.82) is 0 Å². The molecular formula is C11H19N3O. The molecule has 4 heteroatoms. The fourth-order valence-corrected chi connectivity index (χ4v) is 1.87. The molecule has 0 amide bonds. The molecule has 1 aliphatic carbocycles. The highest BCUT2D eigenvalue weighted by atomic mass is 16.5. The molecule has 2 rings (SSSR count). The highest BCUT2D eigenvalue weighted by molar-refractivity contribution is 4.94. The molecule has 0 aliphatic heterocycles. The van der Waals surface area contributed by atoms with E-state index in [-0.39, 0.29) is 0 Å². The van der Waals surface area contributed by atoms with E-state index in [1.807, 2.05) is 6.92 Å². The number of rotatable bonds is 6. The van der Waals surface area contributed by atoms with E-state index in [4.69, 9.17) is 4.52 Å². The summed E-state index contributed by atoms with van der Waals surface area (Å²) in [6.45, 7) is 5.19. The van der Waals surface area contributed by atoms with Crippen molar-refractivity contribution in [2.45, 2.75) is 45.6 Å². The Balaban J connectivity index is 1.92. The summed E-state index contributed by atoms with van der Waals surface area (Å²) in [6.07, 6.45) is 4.41. The number of aromatic nitrogens is 2. The predicted molar refractivity (Wildman–Crippen MR) is 57.6 cm³/mol. The molecular weight excluding hydrogens is 190 g/mol. The van der Waals surface area contributed by atoms with Crippen LogP contribution >= 0.6 is 0 Å². The van der Waals surface area contributed by atoms with Crippen LogP contribution in [-0.4, -0.2) is 22.7 Å². The molecule has 0 saturated heterocycles. The second kappa shape index (κ2) is 4.75. The third kappa shape index (κ3) is 2.78. The van der Waals surface area contributed by atoms with Crippen LogP contribution in [0.5, 0.6) is 0 Å². The van der Waals surface area contributed by atoms with Gasteiger partial charge in [0.05, 0.1) is 0 Å². The van der Waals surface area contributed by atoms with Crippen LogP contribution < -0.4 is 5.32 Å². The smallest absolute Gasteiger partial charge is 0.228 e. The molecule has 84 valence electrons. The first-order valence-electron chi connectivity index (χ1n) is 5.88. The molecule has 1 aliphatic rings. The van der Waals surface area contributed by atoms with Crippen molar-refractivity contribution >= 4 is 0 Å². The van der Waals surface area contributed by atoms with Gasteiger partial charge in [0.2, 0.25) is 5.89 Å². The fourth-order valence-electron chi connectivity index (χ4n) is 1.87. The number of nitrogens with one attached hydrogen (secondary N) is 1. The lowest BCUT2D eigenvalue weighted by molar-refractivity contribution is 0.345. The number of hydrogen-bond acceptors (Lipinski definition) is 4. The number of nitrogens with zero attached hydrogens (tertiary/aromatic N) is 2. The molecule has 1 aromatic heterocycles. The van der Waals surface area contributed by atoms with E-state index in [2.05, 4.69) is 22.4 Å². The van der Waals surface area contributed by atoms with Crippen molar-refractivity contribution in [2.24, 2.45) is 5.92 Å². The third-order valence-corrected chi connectivity index (χ3v) is 2.88. The molecule has 1 aromatic rings. The van der Waals surface area contributed by atoms with Gasteiger partial charge in [-0.25, -0.2) is 0 Å². The molecule has 1 N–H and O–H groups in total. The van der Waals surface area contributed by atoms with Crippen molar-refractivity contribution in [2.75, 3.05) is 6.54 Å². The van der Waals surface area contributed by atoms with Crippen LogP contribution in [-0.2, 0) is 12.8 Å². The van der Waals surface area contributed by atoms with Crippen LogP contribution in [0.4, 0.5) is 0 Å². The Bertz CT molecular complexity index is 307. The van der Waals surface area contributed by atoms with Crippen molar-refractivity contribution in [3.8, 4) is 0 Å². The van der Waals surface area contributed by atoms with Gasteiger partial charge in [-0.2, -0.15) is 4.98 Å². The Morgan fingerprint density at radius 1 is 1.47 bits per heavy atom. The summed E-state index contributed by atoms with van der Waals surface area (Å²) in [6, 6.07) is 0.528. The maximum absolute atomic E-state index is 5.21. The van der Waals surface area contributed by atoms with Crippen molar-refractivity contribution in [3.63, 3.8) is 0 Å². The third-order valence-electron chi connectivity index (χ3n) is 2.88. The Kier molecular flexibility index (Phi) is 3.36. The van der Waals surface area contributed by atoms with Crippen LogP contribution in [0.1, 0.15) is 38.4 Å². The predicted octanol–water partition coefficient (Wildman–Crippen LogP) is 1.56. The Hall–Kier alpha value is -0.900. The minimum absolute atomic E-state index is 0.528. The summed E-state index contributed by atoms with van der Waals surface area (Å²) in [7, 11) is 0. The lowest BCUT2D eigenvalue weighted by Crippen LogP contribution is -2.33. The zero-order valence-corrected chi connectivity index (χ0v) is 9.49. The van der Waals surface area contributed by atoms with Gasteiger partial charge in [-0.05, 0) is 25.3 Å². The second-order valence-corrected chi connectivity index (χ2v) is 4.16. The number of likely N-dealkylation sites (N-methyl/N-ethyl adjacent to an activating group) is 1. The Labute approximate surface area is 90.4 Å². The van der Waals surface area contributed by atoms with Crippen molar-refractivity contribution in [1.82, 2.24) is 15.5 Å². The van der Waals surface area contributed by atoms with E-state index >= 15 is 0 Å². The standard InChI is InChI=1S/C11H19N3O/c1-3-10-13-11(15-14-10)7-9(12-4-2)8-5-6-8/h8-9,12H,3-7H2,1-2H3. The molecule has 0 bridgehead atoms. The van der Waals surface area contributed by atoms with Crippen molar-refractivity contribution in [3.05, 3.63) is 11.7 Å². The summed E-state index contributed by atoms with van der Waals surface area (Å²) in [4.78, 5) is 4.34. The highest BCUT2D eigenvalue weighted by Gasteiger charge is 2.31. The van der Waals surface area contributed by atoms with E-state index < -0.39 is 0 Å². The van der Waals surface area contributed by atoms with Gasteiger partial charge in [-0.1, -0.05) is 19.0 Å². The maximum atomic E-state index is 5.21. The molecule has 4 nitrogen and oxygen atoms in total. The van der Waals surface area contributed by atoms with Gasteiger partial charge in [-0.15, -0.1) is 0 Å². The van der Waals surface area contributed by atoms with Gasteiger partial charge >= 0.3 is 0 Å². The minimum atomic E-state index is 0.528. The van der Waals surface area contributed by atoms with Gasteiger partial charge in [0.1, 0.15) is 0 Å². The van der Waals surface area contributed by atoms with Crippen LogP contribution in [0.3, 0.4) is 0 Å². The lowest BCUT2D eigenvalue weighted by atomic mass is 10.1. The molecule has 15 heavy (non-hydrogen) atoms. The Morgan fingerprint density at radius 2 is 2.27 bits per heavy atom. The molecule has 0 aromatic carbocycles. The fraction of sp³-hybridized carbons (Fsp3) is 0.818. The van der Waals surface area contributed by atoms with Gasteiger partial charge < -0.3 is 9.84 Å². The quantitative estimate of drug-likeness (QED) is 0.772. The molecule has 1 unspecified atom stereocenters. The largest absolute Gasteiger partial charge is 0.339 e. The van der Waals surface area contributed by atoms with Gasteiger partial charge in [0.25, 0.3) is 0 Å². The Morgan fingerprint density at radius 3 is 2.80 bits per heavy atom. The molecule has 1 heterocycles. The van der Waals surface area contributed by atoms with Crippen LogP contribution in [0.15, 0.2) is 4.52 Å². The zero-order valence-electron chi connectivity index (χ0n) is 9.49. The number of hydrogen-bond donors (Lipinski definition) is 1. The zero-order chi connectivity index (χ0) is 10.7. The molecule has 1 fully saturated rings. The lowest BCUT2D eigenvalue weighted by Gasteiger charge is -2.14. The first-order valence-corrected chi connectivity index (χ1v) is 5.88. The molecule has 1 atom stereocenters.